The van der Waals surface area contributed by atoms with Crippen LogP contribution in [-0.4, -0.2) is 21.9 Å². The summed E-state index contributed by atoms with van der Waals surface area (Å²) in [4.78, 5) is 8.35. The predicted molar refractivity (Wildman–Crippen MR) is 71.9 cm³/mol. The average Bonchev–Trinajstić information content (AvgIpc) is 3.25. The molecule has 8 heteroatoms. The molecule has 2 aromatic heterocycles. The van der Waals surface area contributed by atoms with E-state index in [9.17, 15) is 0 Å². The van der Waals surface area contributed by atoms with Gasteiger partial charge in [0.05, 0.1) is 11.9 Å². The molecule has 0 radical (unpaired) electrons. The van der Waals surface area contributed by atoms with Crippen LogP contribution in [0.4, 0.5) is 0 Å². The minimum atomic E-state index is 0.239. The molecule has 0 fully saturated rings. The van der Waals surface area contributed by atoms with Gasteiger partial charge in [-0.15, -0.1) is 0 Å². The van der Waals surface area contributed by atoms with Crippen LogP contribution in [-0.2, 0) is 5.75 Å². The second-order valence-electron chi connectivity index (χ2n) is 4.17. The van der Waals surface area contributed by atoms with E-state index in [0.29, 0.717) is 28.4 Å². The topological polar surface area (TPSA) is 83.4 Å². The van der Waals surface area contributed by atoms with E-state index in [1.54, 1.807) is 6.20 Å². The molecule has 1 aromatic carbocycles. The number of thioether (sulfide) groups is 1. The highest BCUT2D eigenvalue weighted by Crippen LogP contribution is 2.35. The van der Waals surface area contributed by atoms with Crippen LogP contribution in [0, 0.1) is 0 Å². The summed E-state index contributed by atoms with van der Waals surface area (Å²) in [6.07, 6.45) is 3.11. The van der Waals surface area contributed by atoms with Crippen LogP contribution in [0.3, 0.4) is 0 Å². The highest BCUT2D eigenvalue weighted by molar-refractivity contribution is 7.98. The van der Waals surface area contributed by atoms with Crippen LogP contribution in [0.25, 0.3) is 11.4 Å². The quantitative estimate of drug-likeness (QED) is 0.680. The number of hydrogen-bond acceptors (Lipinski definition) is 8. The van der Waals surface area contributed by atoms with E-state index in [1.165, 1.54) is 18.0 Å². The molecule has 21 heavy (non-hydrogen) atoms. The summed E-state index contributed by atoms with van der Waals surface area (Å²) in [6.45, 7) is 0.239. The van der Waals surface area contributed by atoms with E-state index in [0.717, 1.165) is 11.3 Å². The van der Waals surface area contributed by atoms with Crippen molar-refractivity contribution in [2.24, 2.45) is 0 Å². The lowest BCUT2D eigenvalue weighted by Gasteiger charge is -1.97. The first-order valence-electron chi connectivity index (χ1n) is 6.13. The Morgan fingerprint density at radius 3 is 3.05 bits per heavy atom. The Bertz CT molecular complexity index is 757. The maximum Gasteiger partial charge on any atom is 0.256 e. The third kappa shape index (κ3) is 2.45. The Kier molecular flexibility index (Phi) is 3.00. The van der Waals surface area contributed by atoms with E-state index < -0.39 is 0 Å². The summed E-state index contributed by atoms with van der Waals surface area (Å²) in [7, 11) is 0. The SMILES string of the molecule is c1coc(SCc2nc(-c3ccc4c(c3)OCO4)no2)n1. The molecule has 0 bridgehead atoms. The zero-order valence-corrected chi connectivity index (χ0v) is 11.5. The van der Waals surface area contributed by atoms with Crippen LogP contribution in [0.1, 0.15) is 5.89 Å². The number of fused-ring (bicyclic) bond motifs is 1. The number of rotatable bonds is 4. The molecule has 3 heterocycles. The molecule has 1 aliphatic heterocycles. The van der Waals surface area contributed by atoms with Crippen LogP contribution >= 0.6 is 11.8 Å². The molecule has 1 aliphatic rings. The predicted octanol–water partition coefficient (Wildman–Crippen LogP) is 2.75. The minimum absolute atomic E-state index is 0.239. The number of oxazole rings is 1. The zero-order valence-electron chi connectivity index (χ0n) is 10.7. The highest BCUT2D eigenvalue weighted by Gasteiger charge is 2.16. The lowest BCUT2D eigenvalue weighted by Crippen LogP contribution is -1.92. The molecule has 4 rings (SSSR count). The Labute approximate surface area is 123 Å². The number of nitrogens with zero attached hydrogens (tertiary/aromatic N) is 3. The molecule has 0 atom stereocenters. The van der Waals surface area contributed by atoms with Gasteiger partial charge < -0.3 is 18.4 Å². The summed E-state index contributed by atoms with van der Waals surface area (Å²) in [6, 6.07) is 5.52. The Morgan fingerprint density at radius 2 is 2.14 bits per heavy atom. The van der Waals surface area contributed by atoms with Crippen molar-refractivity contribution in [3.63, 3.8) is 0 Å². The summed E-state index contributed by atoms with van der Waals surface area (Å²) < 4.78 is 20.9. The average molecular weight is 303 g/mol. The molecular weight excluding hydrogens is 294 g/mol. The second kappa shape index (κ2) is 5.13. The molecule has 0 saturated heterocycles. The molecular formula is C13H9N3O4S. The lowest BCUT2D eigenvalue weighted by molar-refractivity contribution is 0.174. The third-order valence-electron chi connectivity index (χ3n) is 2.83. The van der Waals surface area contributed by atoms with E-state index in [1.807, 2.05) is 18.2 Å². The van der Waals surface area contributed by atoms with Crippen LogP contribution in [0.5, 0.6) is 11.5 Å². The van der Waals surface area contributed by atoms with Crippen molar-refractivity contribution in [1.82, 2.24) is 15.1 Å². The molecule has 0 saturated carbocycles. The van der Waals surface area contributed by atoms with Crippen molar-refractivity contribution < 1.29 is 18.4 Å². The van der Waals surface area contributed by atoms with Crippen molar-refractivity contribution in [3.8, 4) is 22.9 Å². The van der Waals surface area contributed by atoms with Crippen molar-refractivity contribution in [2.45, 2.75) is 11.0 Å². The van der Waals surface area contributed by atoms with Gasteiger partial charge in [0.2, 0.25) is 18.5 Å². The maximum atomic E-state index is 5.33. The van der Waals surface area contributed by atoms with E-state index in [-0.39, 0.29) is 6.79 Å². The van der Waals surface area contributed by atoms with Gasteiger partial charge >= 0.3 is 0 Å². The van der Waals surface area contributed by atoms with Gasteiger partial charge in [-0.25, -0.2) is 4.98 Å². The van der Waals surface area contributed by atoms with Gasteiger partial charge in [-0.1, -0.05) is 16.9 Å². The van der Waals surface area contributed by atoms with Crippen LogP contribution in [0.15, 0.2) is 44.8 Å². The Balaban J connectivity index is 1.51. The smallest absolute Gasteiger partial charge is 0.256 e. The fourth-order valence-corrected chi connectivity index (χ4v) is 2.49. The minimum Gasteiger partial charge on any atom is -0.454 e. The fourth-order valence-electron chi connectivity index (χ4n) is 1.87. The summed E-state index contributed by atoms with van der Waals surface area (Å²) in [5.74, 6) is 2.93. The van der Waals surface area contributed by atoms with Crippen molar-refractivity contribution in [2.75, 3.05) is 6.79 Å². The largest absolute Gasteiger partial charge is 0.454 e. The molecule has 3 aromatic rings. The monoisotopic (exact) mass is 303 g/mol. The van der Waals surface area contributed by atoms with Crippen molar-refractivity contribution in [1.29, 1.82) is 0 Å². The Hall–Kier alpha value is -2.48. The van der Waals surface area contributed by atoms with Gasteiger partial charge in [-0.05, 0) is 18.2 Å². The molecule has 0 unspecified atom stereocenters. The summed E-state index contributed by atoms with van der Waals surface area (Å²) in [5, 5.41) is 4.53. The van der Waals surface area contributed by atoms with Crippen LogP contribution < -0.4 is 9.47 Å². The molecule has 0 spiro atoms. The Morgan fingerprint density at radius 1 is 1.19 bits per heavy atom. The van der Waals surface area contributed by atoms with Crippen molar-refractivity contribution >= 4 is 11.8 Å². The van der Waals surface area contributed by atoms with Gasteiger partial charge in [0.1, 0.15) is 6.26 Å². The normalized spacial score (nSPS) is 12.8. The van der Waals surface area contributed by atoms with Gasteiger partial charge in [0, 0.05) is 5.56 Å². The number of ether oxygens (including phenoxy) is 2. The molecule has 0 aliphatic carbocycles. The molecule has 7 nitrogen and oxygen atoms in total. The maximum absolute atomic E-state index is 5.33. The number of hydrogen-bond donors (Lipinski definition) is 0. The fraction of sp³-hybridized carbons (Fsp3) is 0.154. The number of aromatic nitrogens is 3. The third-order valence-corrected chi connectivity index (χ3v) is 3.67. The van der Waals surface area contributed by atoms with Gasteiger partial charge in [0.15, 0.2) is 11.5 Å². The first kappa shape index (κ1) is 12.3. The van der Waals surface area contributed by atoms with Gasteiger partial charge in [0.25, 0.3) is 5.22 Å². The number of benzene rings is 1. The second-order valence-corrected chi connectivity index (χ2v) is 5.09. The molecule has 0 amide bonds. The van der Waals surface area contributed by atoms with Crippen LogP contribution in [0.2, 0.25) is 0 Å². The summed E-state index contributed by atoms with van der Waals surface area (Å²) >= 11 is 1.39. The standard InChI is InChI=1S/C13H9N3O4S/c1-2-9-10(19-7-18-9)5-8(1)12-15-11(20-16-12)6-21-13-14-3-4-17-13/h1-5H,6-7H2. The van der Waals surface area contributed by atoms with E-state index in [4.69, 9.17) is 18.4 Å². The molecule has 0 N–H and O–H groups in total. The van der Waals surface area contributed by atoms with E-state index in [2.05, 4.69) is 15.1 Å². The first-order chi connectivity index (χ1) is 10.4. The summed E-state index contributed by atoms with van der Waals surface area (Å²) in [5.41, 5.74) is 0.815. The van der Waals surface area contributed by atoms with Crippen molar-refractivity contribution in [3.05, 3.63) is 36.5 Å². The lowest BCUT2D eigenvalue weighted by atomic mass is 10.2. The first-order valence-corrected chi connectivity index (χ1v) is 7.12. The zero-order chi connectivity index (χ0) is 14.1. The highest BCUT2D eigenvalue weighted by atomic mass is 32.2. The van der Waals surface area contributed by atoms with Gasteiger partial charge in [-0.3, -0.25) is 0 Å². The van der Waals surface area contributed by atoms with E-state index >= 15 is 0 Å². The molecule has 106 valence electrons. The van der Waals surface area contributed by atoms with Gasteiger partial charge in [-0.2, -0.15) is 4.98 Å².